The number of para-hydroxylation sites is 1. The maximum absolute atomic E-state index is 11.3. The Morgan fingerprint density at radius 2 is 1.90 bits per heavy atom. The van der Waals surface area contributed by atoms with Gasteiger partial charge in [0.15, 0.2) is 0 Å². The van der Waals surface area contributed by atoms with Crippen LogP contribution >= 0.6 is 0 Å². The molecule has 3 heteroatoms. The van der Waals surface area contributed by atoms with Gasteiger partial charge in [0.2, 0.25) is 0 Å². The zero-order valence-corrected chi connectivity index (χ0v) is 11.3. The number of carboxylic acids is 1. The molecule has 0 spiro atoms. The first-order valence-electron chi connectivity index (χ1n) is 6.40. The van der Waals surface area contributed by atoms with E-state index in [1.54, 1.807) is 12.1 Å². The maximum atomic E-state index is 11.3. The average Bonchev–Trinajstić information content (AvgIpc) is 2.83. The highest BCUT2D eigenvalue weighted by atomic mass is 16.4. The predicted octanol–water partition coefficient (Wildman–Crippen LogP) is 4.41. The third-order valence-corrected chi connectivity index (χ3v) is 3.41. The van der Waals surface area contributed by atoms with E-state index in [1.165, 1.54) is 0 Å². The molecule has 3 rings (SSSR count). The standard InChI is InChI=1S/C17H14O3/c1-10-6-7-13(17(18)19)14(8-10)15-9-12-5-3-4-11(2)16(12)20-15/h3-9H,1-2H3,(H,18,19). The molecule has 1 N–H and O–H groups in total. The van der Waals surface area contributed by atoms with E-state index in [-0.39, 0.29) is 5.56 Å². The van der Waals surface area contributed by atoms with Crippen LogP contribution < -0.4 is 0 Å². The Morgan fingerprint density at radius 1 is 1.10 bits per heavy atom. The van der Waals surface area contributed by atoms with Crippen LogP contribution in [0.3, 0.4) is 0 Å². The Bertz CT molecular complexity index is 812. The number of benzene rings is 2. The van der Waals surface area contributed by atoms with Crippen LogP contribution in [0.25, 0.3) is 22.3 Å². The number of aryl methyl sites for hydroxylation is 2. The van der Waals surface area contributed by atoms with Gasteiger partial charge in [-0.25, -0.2) is 4.79 Å². The molecule has 2 aromatic carbocycles. The normalized spacial score (nSPS) is 10.9. The fourth-order valence-corrected chi connectivity index (χ4v) is 2.39. The van der Waals surface area contributed by atoms with Gasteiger partial charge in [-0.3, -0.25) is 0 Å². The zero-order chi connectivity index (χ0) is 14.3. The van der Waals surface area contributed by atoms with Crippen molar-refractivity contribution >= 4 is 16.9 Å². The minimum atomic E-state index is -0.947. The van der Waals surface area contributed by atoms with E-state index >= 15 is 0 Å². The molecule has 3 aromatic rings. The monoisotopic (exact) mass is 266 g/mol. The molecule has 1 aromatic heterocycles. The molecule has 0 amide bonds. The van der Waals surface area contributed by atoms with Gasteiger partial charge in [-0.05, 0) is 37.6 Å². The number of fused-ring (bicyclic) bond motifs is 1. The molecule has 0 aliphatic heterocycles. The molecule has 0 saturated carbocycles. The first-order chi connectivity index (χ1) is 9.56. The number of carboxylic acid groups (broad SMARTS) is 1. The van der Waals surface area contributed by atoms with Crippen LogP contribution in [0, 0.1) is 13.8 Å². The molecular formula is C17H14O3. The second-order valence-corrected chi connectivity index (χ2v) is 4.96. The first kappa shape index (κ1) is 12.5. The summed E-state index contributed by atoms with van der Waals surface area (Å²) in [5.41, 5.74) is 3.72. The van der Waals surface area contributed by atoms with Gasteiger partial charge in [0.25, 0.3) is 0 Å². The zero-order valence-electron chi connectivity index (χ0n) is 11.3. The Balaban J connectivity index is 2.27. The molecule has 3 nitrogen and oxygen atoms in total. The van der Waals surface area contributed by atoms with Gasteiger partial charge in [-0.1, -0.05) is 29.8 Å². The van der Waals surface area contributed by atoms with Crippen LogP contribution in [0.5, 0.6) is 0 Å². The lowest BCUT2D eigenvalue weighted by Gasteiger charge is -2.04. The lowest BCUT2D eigenvalue weighted by atomic mass is 10.0. The van der Waals surface area contributed by atoms with E-state index in [9.17, 15) is 9.90 Å². The summed E-state index contributed by atoms with van der Waals surface area (Å²) >= 11 is 0. The van der Waals surface area contributed by atoms with Crippen LogP contribution in [0.2, 0.25) is 0 Å². The summed E-state index contributed by atoms with van der Waals surface area (Å²) in [5.74, 6) is -0.354. The average molecular weight is 266 g/mol. The second kappa shape index (κ2) is 4.53. The largest absolute Gasteiger partial charge is 0.478 e. The molecule has 0 unspecified atom stereocenters. The number of aromatic carboxylic acids is 1. The summed E-state index contributed by atoms with van der Waals surface area (Å²) in [6.07, 6.45) is 0. The van der Waals surface area contributed by atoms with E-state index in [2.05, 4.69) is 0 Å². The van der Waals surface area contributed by atoms with Crippen LogP contribution in [0.1, 0.15) is 21.5 Å². The van der Waals surface area contributed by atoms with Crippen molar-refractivity contribution in [2.24, 2.45) is 0 Å². The van der Waals surface area contributed by atoms with Crippen molar-refractivity contribution in [3.63, 3.8) is 0 Å². The van der Waals surface area contributed by atoms with Gasteiger partial charge < -0.3 is 9.52 Å². The number of furan rings is 1. The summed E-state index contributed by atoms with van der Waals surface area (Å²) < 4.78 is 5.87. The van der Waals surface area contributed by atoms with E-state index in [0.29, 0.717) is 11.3 Å². The second-order valence-electron chi connectivity index (χ2n) is 4.96. The fourth-order valence-electron chi connectivity index (χ4n) is 2.39. The van der Waals surface area contributed by atoms with E-state index in [4.69, 9.17) is 4.42 Å². The Hall–Kier alpha value is -2.55. The number of carbonyl (C=O) groups is 1. The molecule has 0 radical (unpaired) electrons. The topological polar surface area (TPSA) is 50.4 Å². The number of rotatable bonds is 2. The summed E-state index contributed by atoms with van der Waals surface area (Å²) in [6.45, 7) is 3.91. The van der Waals surface area contributed by atoms with Crippen LogP contribution in [0.4, 0.5) is 0 Å². The fraction of sp³-hybridized carbons (Fsp3) is 0.118. The van der Waals surface area contributed by atoms with Gasteiger partial charge in [-0.2, -0.15) is 0 Å². The van der Waals surface area contributed by atoms with Crippen molar-refractivity contribution in [2.75, 3.05) is 0 Å². The Kier molecular flexibility index (Phi) is 2.83. The summed E-state index contributed by atoms with van der Waals surface area (Å²) in [5, 5.41) is 10.3. The third kappa shape index (κ3) is 1.97. The number of hydrogen-bond donors (Lipinski definition) is 1. The highest BCUT2D eigenvalue weighted by molar-refractivity contribution is 5.97. The molecular weight excluding hydrogens is 252 g/mol. The first-order valence-corrected chi connectivity index (χ1v) is 6.40. The molecule has 0 aliphatic carbocycles. The van der Waals surface area contributed by atoms with Gasteiger partial charge in [-0.15, -0.1) is 0 Å². The molecule has 0 bridgehead atoms. The number of hydrogen-bond acceptors (Lipinski definition) is 2. The van der Waals surface area contributed by atoms with Gasteiger partial charge >= 0.3 is 5.97 Å². The van der Waals surface area contributed by atoms with Crippen LogP contribution in [-0.4, -0.2) is 11.1 Å². The Labute approximate surface area is 116 Å². The highest BCUT2D eigenvalue weighted by Gasteiger charge is 2.16. The summed E-state index contributed by atoms with van der Waals surface area (Å²) in [4.78, 5) is 11.3. The molecule has 20 heavy (non-hydrogen) atoms. The summed E-state index contributed by atoms with van der Waals surface area (Å²) in [6, 6.07) is 13.1. The summed E-state index contributed by atoms with van der Waals surface area (Å²) in [7, 11) is 0. The van der Waals surface area contributed by atoms with Gasteiger partial charge in [0, 0.05) is 10.9 Å². The van der Waals surface area contributed by atoms with Crippen LogP contribution in [-0.2, 0) is 0 Å². The Morgan fingerprint density at radius 3 is 2.60 bits per heavy atom. The molecule has 100 valence electrons. The van der Waals surface area contributed by atoms with Gasteiger partial charge in [0.1, 0.15) is 11.3 Å². The van der Waals surface area contributed by atoms with Crippen molar-refractivity contribution in [3.8, 4) is 11.3 Å². The van der Waals surface area contributed by atoms with E-state index in [1.807, 2.05) is 44.2 Å². The maximum Gasteiger partial charge on any atom is 0.336 e. The van der Waals surface area contributed by atoms with Crippen molar-refractivity contribution in [1.29, 1.82) is 0 Å². The van der Waals surface area contributed by atoms with Crippen molar-refractivity contribution in [3.05, 3.63) is 59.2 Å². The molecule has 0 saturated heterocycles. The lowest BCUT2D eigenvalue weighted by molar-refractivity contribution is 0.0697. The van der Waals surface area contributed by atoms with E-state index in [0.717, 1.165) is 22.1 Å². The smallest absolute Gasteiger partial charge is 0.336 e. The predicted molar refractivity (Wildman–Crippen MR) is 78.1 cm³/mol. The molecule has 0 fully saturated rings. The van der Waals surface area contributed by atoms with E-state index < -0.39 is 5.97 Å². The molecule has 1 heterocycles. The minimum Gasteiger partial charge on any atom is -0.478 e. The van der Waals surface area contributed by atoms with Crippen molar-refractivity contribution < 1.29 is 14.3 Å². The van der Waals surface area contributed by atoms with Crippen molar-refractivity contribution in [2.45, 2.75) is 13.8 Å². The van der Waals surface area contributed by atoms with Crippen molar-refractivity contribution in [1.82, 2.24) is 0 Å². The van der Waals surface area contributed by atoms with Gasteiger partial charge in [0.05, 0.1) is 5.56 Å². The quantitative estimate of drug-likeness (QED) is 0.747. The minimum absolute atomic E-state index is 0.257. The molecule has 0 atom stereocenters. The SMILES string of the molecule is Cc1ccc(C(=O)O)c(-c2cc3cccc(C)c3o2)c1. The van der Waals surface area contributed by atoms with Crippen LogP contribution in [0.15, 0.2) is 46.9 Å². The molecule has 0 aliphatic rings. The highest BCUT2D eigenvalue weighted by Crippen LogP contribution is 2.32. The lowest BCUT2D eigenvalue weighted by Crippen LogP contribution is -1.99. The third-order valence-electron chi connectivity index (χ3n) is 3.41.